The lowest BCUT2D eigenvalue weighted by Gasteiger charge is -2.15. The van der Waals surface area contributed by atoms with E-state index in [1.807, 2.05) is 37.4 Å². The van der Waals surface area contributed by atoms with E-state index < -0.39 is 0 Å². The first-order valence-corrected chi connectivity index (χ1v) is 7.01. The molecule has 0 aliphatic heterocycles. The third-order valence-corrected chi connectivity index (χ3v) is 3.98. The predicted molar refractivity (Wildman–Crippen MR) is 84.1 cm³/mol. The summed E-state index contributed by atoms with van der Waals surface area (Å²) in [6, 6.07) is 12.3. The maximum absolute atomic E-state index is 6.34. The van der Waals surface area contributed by atoms with Gasteiger partial charge in [0.1, 0.15) is 0 Å². The molecule has 1 N–H and O–H groups in total. The highest BCUT2D eigenvalue weighted by Gasteiger charge is 2.10. The Bertz CT molecular complexity index is 593. The molecule has 0 heterocycles. The fourth-order valence-electron chi connectivity index (χ4n) is 2.07. The second-order valence-corrected chi connectivity index (χ2v) is 5.55. The molecule has 0 fully saturated rings. The molecule has 1 nitrogen and oxygen atoms in total. The largest absolute Gasteiger partial charge is 0.313 e. The van der Waals surface area contributed by atoms with Gasteiger partial charge < -0.3 is 5.32 Å². The quantitative estimate of drug-likeness (QED) is 0.815. The molecular formula is C16H17Cl2N. The summed E-state index contributed by atoms with van der Waals surface area (Å²) < 4.78 is 0. The van der Waals surface area contributed by atoms with Crippen LogP contribution in [0.25, 0.3) is 11.1 Å². The van der Waals surface area contributed by atoms with Gasteiger partial charge in [-0.1, -0.05) is 35.3 Å². The van der Waals surface area contributed by atoms with Crippen molar-refractivity contribution < 1.29 is 0 Å². The van der Waals surface area contributed by atoms with Crippen molar-refractivity contribution in [2.75, 3.05) is 7.05 Å². The molecule has 0 bridgehead atoms. The summed E-state index contributed by atoms with van der Waals surface area (Å²) in [5.41, 5.74) is 4.49. The summed E-state index contributed by atoms with van der Waals surface area (Å²) in [5.74, 6) is 0. The highest BCUT2D eigenvalue weighted by Crippen LogP contribution is 2.34. The van der Waals surface area contributed by atoms with Crippen LogP contribution in [0.1, 0.15) is 24.1 Å². The Kier molecular flexibility index (Phi) is 4.51. The van der Waals surface area contributed by atoms with Crippen LogP contribution in [0.4, 0.5) is 0 Å². The first-order valence-electron chi connectivity index (χ1n) is 6.26. The van der Waals surface area contributed by atoms with E-state index in [9.17, 15) is 0 Å². The lowest BCUT2D eigenvalue weighted by molar-refractivity contribution is 0.652. The van der Waals surface area contributed by atoms with Crippen LogP contribution in [0.3, 0.4) is 0 Å². The van der Waals surface area contributed by atoms with Crippen LogP contribution in [0, 0.1) is 6.92 Å². The lowest BCUT2D eigenvalue weighted by atomic mass is 9.97. The van der Waals surface area contributed by atoms with Gasteiger partial charge >= 0.3 is 0 Å². The van der Waals surface area contributed by atoms with Crippen LogP contribution in [0.2, 0.25) is 10.0 Å². The van der Waals surface area contributed by atoms with E-state index in [0.717, 1.165) is 21.2 Å². The van der Waals surface area contributed by atoms with Gasteiger partial charge in [0.05, 0.1) is 0 Å². The number of aryl methyl sites for hydroxylation is 1. The van der Waals surface area contributed by atoms with Crippen molar-refractivity contribution in [2.45, 2.75) is 19.9 Å². The molecule has 0 saturated carbocycles. The van der Waals surface area contributed by atoms with Gasteiger partial charge in [0.15, 0.2) is 0 Å². The smallest absolute Gasteiger partial charge is 0.0484 e. The maximum Gasteiger partial charge on any atom is 0.0484 e. The molecule has 0 saturated heterocycles. The minimum atomic E-state index is 0.288. The molecule has 19 heavy (non-hydrogen) atoms. The summed E-state index contributed by atoms with van der Waals surface area (Å²) in [4.78, 5) is 0. The zero-order valence-corrected chi connectivity index (χ0v) is 12.8. The summed E-state index contributed by atoms with van der Waals surface area (Å²) in [7, 11) is 1.95. The van der Waals surface area contributed by atoms with Gasteiger partial charge in [-0.05, 0) is 61.9 Å². The Morgan fingerprint density at radius 1 is 1.00 bits per heavy atom. The van der Waals surface area contributed by atoms with Gasteiger partial charge in [-0.25, -0.2) is 0 Å². The average molecular weight is 294 g/mol. The highest BCUT2D eigenvalue weighted by atomic mass is 35.5. The Morgan fingerprint density at radius 2 is 1.74 bits per heavy atom. The number of hydrogen-bond acceptors (Lipinski definition) is 1. The average Bonchev–Trinajstić information content (AvgIpc) is 2.41. The van der Waals surface area contributed by atoms with Crippen LogP contribution in [-0.4, -0.2) is 7.05 Å². The first-order chi connectivity index (χ1) is 9.02. The van der Waals surface area contributed by atoms with Crippen LogP contribution in [-0.2, 0) is 0 Å². The topological polar surface area (TPSA) is 12.0 Å². The monoisotopic (exact) mass is 293 g/mol. The molecular weight excluding hydrogens is 277 g/mol. The van der Waals surface area contributed by atoms with Gasteiger partial charge in [0.2, 0.25) is 0 Å². The predicted octanol–water partition coefficient (Wildman–Crippen LogP) is 5.25. The maximum atomic E-state index is 6.34. The second kappa shape index (κ2) is 5.96. The molecule has 1 atom stereocenters. The standard InChI is InChI=1S/C16H17Cl2N/c1-10-4-6-13(17)9-14(10)15-8-12(11(2)19-3)5-7-16(15)18/h4-9,11,19H,1-3H3. The minimum absolute atomic E-state index is 0.288. The van der Waals surface area contributed by atoms with Crippen LogP contribution in [0.5, 0.6) is 0 Å². The number of rotatable bonds is 3. The third-order valence-electron chi connectivity index (χ3n) is 3.41. The second-order valence-electron chi connectivity index (χ2n) is 4.71. The van der Waals surface area contributed by atoms with Crippen LogP contribution >= 0.6 is 23.2 Å². The van der Waals surface area contributed by atoms with E-state index >= 15 is 0 Å². The minimum Gasteiger partial charge on any atom is -0.313 e. The van der Waals surface area contributed by atoms with Gasteiger partial charge in [-0.15, -0.1) is 0 Å². The van der Waals surface area contributed by atoms with Gasteiger partial charge in [-0.2, -0.15) is 0 Å². The molecule has 0 aliphatic rings. The van der Waals surface area contributed by atoms with Crippen molar-refractivity contribution in [3.05, 3.63) is 57.6 Å². The van der Waals surface area contributed by atoms with Crippen molar-refractivity contribution in [3.8, 4) is 11.1 Å². The molecule has 0 radical (unpaired) electrons. The summed E-state index contributed by atoms with van der Waals surface area (Å²) in [6.07, 6.45) is 0. The Morgan fingerprint density at radius 3 is 2.42 bits per heavy atom. The van der Waals surface area contributed by atoms with E-state index in [-0.39, 0.29) is 6.04 Å². The zero-order valence-electron chi connectivity index (χ0n) is 11.3. The zero-order chi connectivity index (χ0) is 14.0. The molecule has 2 aromatic carbocycles. The van der Waals surface area contributed by atoms with Gasteiger partial charge in [0, 0.05) is 21.7 Å². The van der Waals surface area contributed by atoms with Gasteiger partial charge in [-0.3, -0.25) is 0 Å². The Hall–Kier alpha value is -1.02. The summed E-state index contributed by atoms with van der Waals surface area (Å²) in [6.45, 7) is 4.19. The molecule has 0 spiro atoms. The molecule has 0 amide bonds. The molecule has 2 aromatic rings. The molecule has 100 valence electrons. The Balaban J connectivity index is 2.57. The van der Waals surface area contributed by atoms with Crippen molar-refractivity contribution in [2.24, 2.45) is 0 Å². The highest BCUT2D eigenvalue weighted by molar-refractivity contribution is 6.34. The normalized spacial score (nSPS) is 12.5. The summed E-state index contributed by atoms with van der Waals surface area (Å²) >= 11 is 12.4. The van der Waals surface area contributed by atoms with E-state index in [4.69, 9.17) is 23.2 Å². The first kappa shape index (κ1) is 14.4. The van der Waals surface area contributed by atoms with Crippen LogP contribution in [0.15, 0.2) is 36.4 Å². The fourth-order valence-corrected chi connectivity index (χ4v) is 2.46. The SMILES string of the molecule is CNC(C)c1ccc(Cl)c(-c2cc(Cl)ccc2C)c1. The number of nitrogens with one attached hydrogen (secondary N) is 1. The molecule has 0 aromatic heterocycles. The molecule has 2 rings (SSSR count). The fraction of sp³-hybridized carbons (Fsp3) is 0.250. The van der Waals surface area contributed by atoms with E-state index in [2.05, 4.69) is 25.2 Å². The number of hydrogen-bond donors (Lipinski definition) is 1. The summed E-state index contributed by atoms with van der Waals surface area (Å²) in [5, 5.41) is 4.71. The molecule has 1 unspecified atom stereocenters. The lowest BCUT2D eigenvalue weighted by Crippen LogP contribution is -2.12. The van der Waals surface area contributed by atoms with Crippen molar-refractivity contribution in [1.29, 1.82) is 0 Å². The number of benzene rings is 2. The number of halogens is 2. The van der Waals surface area contributed by atoms with Gasteiger partial charge in [0.25, 0.3) is 0 Å². The molecule has 3 heteroatoms. The van der Waals surface area contributed by atoms with Crippen molar-refractivity contribution in [1.82, 2.24) is 5.32 Å². The van der Waals surface area contributed by atoms with Crippen molar-refractivity contribution >= 4 is 23.2 Å². The van der Waals surface area contributed by atoms with Crippen molar-refractivity contribution in [3.63, 3.8) is 0 Å². The van der Waals surface area contributed by atoms with E-state index in [0.29, 0.717) is 0 Å². The van der Waals surface area contributed by atoms with E-state index in [1.165, 1.54) is 11.1 Å². The van der Waals surface area contributed by atoms with E-state index in [1.54, 1.807) is 0 Å². The molecule has 0 aliphatic carbocycles. The third kappa shape index (κ3) is 3.11. The Labute approximate surface area is 124 Å². The van der Waals surface area contributed by atoms with Crippen LogP contribution < -0.4 is 5.32 Å².